The topological polar surface area (TPSA) is 87.1 Å². The van der Waals surface area contributed by atoms with Gasteiger partial charge in [-0.2, -0.15) is 5.26 Å². The van der Waals surface area contributed by atoms with Crippen LogP contribution in [-0.4, -0.2) is 17.1 Å². The van der Waals surface area contributed by atoms with Crippen LogP contribution in [0.25, 0.3) is 0 Å². The van der Waals surface area contributed by atoms with E-state index >= 15 is 0 Å². The lowest BCUT2D eigenvalue weighted by Crippen LogP contribution is -2.32. The van der Waals surface area contributed by atoms with Crippen molar-refractivity contribution < 1.29 is 14.3 Å². The van der Waals surface area contributed by atoms with Crippen LogP contribution in [0.15, 0.2) is 18.2 Å². The molecular formula is C10H10ClFN2O2. The first kappa shape index (κ1) is 14.4. The lowest BCUT2D eigenvalue weighted by Gasteiger charge is -2.06. The second kappa shape index (κ2) is 6.05. The second-order valence-electron chi connectivity index (χ2n) is 3.07. The van der Waals surface area contributed by atoms with E-state index in [9.17, 15) is 9.18 Å². The Kier molecular flexibility index (Phi) is 5.43. The molecule has 6 heteroatoms. The summed E-state index contributed by atoms with van der Waals surface area (Å²) in [5.41, 5.74) is 5.67. The van der Waals surface area contributed by atoms with E-state index in [-0.39, 0.29) is 24.4 Å². The van der Waals surface area contributed by atoms with Gasteiger partial charge in [-0.25, -0.2) is 4.39 Å². The van der Waals surface area contributed by atoms with Crippen molar-refractivity contribution in [1.29, 1.82) is 5.26 Å². The lowest BCUT2D eigenvalue weighted by atomic mass is 10.0. The third kappa shape index (κ3) is 3.50. The van der Waals surface area contributed by atoms with Crippen LogP contribution in [0.4, 0.5) is 4.39 Å². The maximum absolute atomic E-state index is 13.1. The molecule has 0 spiro atoms. The standard InChI is InChI=1S/C10H9FN2O2.ClH/c11-8-3-6(1-2-7(8)5-12)4-9(13)10(14)15;/h1-3,9H,4,13H2,(H,14,15);1H. The average Bonchev–Trinajstić information content (AvgIpc) is 2.18. The number of rotatable bonds is 3. The molecule has 1 rings (SSSR count). The molecule has 0 aliphatic rings. The first-order valence-corrected chi connectivity index (χ1v) is 4.21. The first-order chi connectivity index (χ1) is 7.04. The van der Waals surface area contributed by atoms with Crippen molar-refractivity contribution in [3.8, 4) is 6.07 Å². The van der Waals surface area contributed by atoms with Crippen molar-refractivity contribution in [3.05, 3.63) is 35.1 Å². The van der Waals surface area contributed by atoms with Gasteiger partial charge in [0.1, 0.15) is 17.9 Å². The molecule has 1 aromatic carbocycles. The summed E-state index contributed by atoms with van der Waals surface area (Å²) in [6.07, 6.45) is 0.0396. The van der Waals surface area contributed by atoms with Gasteiger partial charge in [0.05, 0.1) is 5.56 Å². The van der Waals surface area contributed by atoms with E-state index in [1.807, 2.05) is 0 Å². The molecule has 0 bridgehead atoms. The number of carbonyl (C=O) groups is 1. The highest BCUT2D eigenvalue weighted by molar-refractivity contribution is 5.85. The van der Waals surface area contributed by atoms with E-state index < -0.39 is 17.8 Å². The summed E-state index contributed by atoms with van der Waals surface area (Å²) in [6.45, 7) is 0. The van der Waals surface area contributed by atoms with Gasteiger partial charge in [-0.3, -0.25) is 4.79 Å². The maximum atomic E-state index is 13.1. The van der Waals surface area contributed by atoms with Crippen LogP contribution in [0.5, 0.6) is 0 Å². The van der Waals surface area contributed by atoms with Crippen molar-refractivity contribution >= 4 is 18.4 Å². The Morgan fingerprint density at radius 1 is 1.62 bits per heavy atom. The fourth-order valence-electron chi connectivity index (χ4n) is 1.12. The molecule has 0 heterocycles. The maximum Gasteiger partial charge on any atom is 0.320 e. The number of benzene rings is 1. The minimum atomic E-state index is -1.14. The summed E-state index contributed by atoms with van der Waals surface area (Å²) >= 11 is 0. The minimum absolute atomic E-state index is 0. The number of carboxylic acid groups (broad SMARTS) is 1. The molecule has 3 N–H and O–H groups in total. The molecule has 0 aromatic heterocycles. The molecule has 4 nitrogen and oxygen atoms in total. The van der Waals surface area contributed by atoms with Crippen LogP contribution in [0.2, 0.25) is 0 Å². The van der Waals surface area contributed by atoms with Gasteiger partial charge in [-0.05, 0) is 24.1 Å². The van der Waals surface area contributed by atoms with Crippen LogP contribution in [-0.2, 0) is 11.2 Å². The van der Waals surface area contributed by atoms with Gasteiger partial charge in [0.2, 0.25) is 0 Å². The fourth-order valence-corrected chi connectivity index (χ4v) is 1.12. The predicted octanol–water partition coefficient (Wildman–Crippen LogP) is 1.07. The van der Waals surface area contributed by atoms with E-state index in [4.69, 9.17) is 16.1 Å². The van der Waals surface area contributed by atoms with Gasteiger partial charge >= 0.3 is 5.97 Å². The normalized spacial score (nSPS) is 11.1. The molecule has 86 valence electrons. The summed E-state index contributed by atoms with van der Waals surface area (Å²) in [7, 11) is 0. The zero-order valence-electron chi connectivity index (χ0n) is 8.18. The van der Waals surface area contributed by atoms with E-state index in [2.05, 4.69) is 0 Å². The number of nitrogens with zero attached hydrogens (tertiary/aromatic N) is 1. The van der Waals surface area contributed by atoms with Crippen molar-refractivity contribution in [2.24, 2.45) is 5.73 Å². The van der Waals surface area contributed by atoms with E-state index in [1.165, 1.54) is 12.1 Å². The molecule has 0 amide bonds. The smallest absolute Gasteiger partial charge is 0.320 e. The molecular weight excluding hydrogens is 235 g/mol. The molecule has 1 unspecified atom stereocenters. The summed E-state index contributed by atoms with van der Waals surface area (Å²) < 4.78 is 13.1. The molecule has 16 heavy (non-hydrogen) atoms. The molecule has 0 radical (unpaired) electrons. The largest absolute Gasteiger partial charge is 0.480 e. The second-order valence-corrected chi connectivity index (χ2v) is 3.07. The number of halogens is 2. The van der Waals surface area contributed by atoms with Gasteiger partial charge in [-0.1, -0.05) is 6.07 Å². The molecule has 1 atom stereocenters. The van der Waals surface area contributed by atoms with Gasteiger partial charge in [0.25, 0.3) is 0 Å². The summed E-state index contributed by atoms with van der Waals surface area (Å²) in [5, 5.41) is 17.0. The van der Waals surface area contributed by atoms with E-state index in [1.54, 1.807) is 6.07 Å². The van der Waals surface area contributed by atoms with Crippen molar-refractivity contribution in [3.63, 3.8) is 0 Å². The SMILES string of the molecule is Cl.N#Cc1ccc(CC(N)C(=O)O)cc1F. The Morgan fingerprint density at radius 3 is 2.69 bits per heavy atom. The van der Waals surface area contributed by atoms with Crippen LogP contribution >= 0.6 is 12.4 Å². The Bertz CT molecular complexity index is 431. The number of aliphatic carboxylic acids is 1. The van der Waals surface area contributed by atoms with Crippen LogP contribution < -0.4 is 5.73 Å². The quantitative estimate of drug-likeness (QED) is 0.833. The Hall–Kier alpha value is -1.64. The highest BCUT2D eigenvalue weighted by atomic mass is 35.5. The lowest BCUT2D eigenvalue weighted by molar-refractivity contribution is -0.138. The molecule has 0 fully saturated rings. The van der Waals surface area contributed by atoms with Gasteiger partial charge < -0.3 is 10.8 Å². The number of hydrogen-bond acceptors (Lipinski definition) is 3. The Labute approximate surface area is 97.9 Å². The molecule has 0 saturated carbocycles. The average molecular weight is 245 g/mol. The molecule has 0 aliphatic heterocycles. The summed E-state index contributed by atoms with van der Waals surface area (Å²) in [5.74, 6) is -1.80. The minimum Gasteiger partial charge on any atom is -0.480 e. The fraction of sp³-hybridized carbons (Fsp3) is 0.200. The Morgan fingerprint density at radius 2 is 2.25 bits per heavy atom. The summed E-state index contributed by atoms with van der Waals surface area (Å²) in [4.78, 5) is 10.4. The van der Waals surface area contributed by atoms with Crippen LogP contribution in [0.3, 0.4) is 0 Å². The monoisotopic (exact) mass is 244 g/mol. The van der Waals surface area contributed by atoms with Gasteiger partial charge in [-0.15, -0.1) is 12.4 Å². The number of nitriles is 1. The number of hydrogen-bond donors (Lipinski definition) is 2. The van der Waals surface area contributed by atoms with E-state index in [0.717, 1.165) is 6.07 Å². The van der Waals surface area contributed by atoms with Crippen LogP contribution in [0.1, 0.15) is 11.1 Å². The number of carboxylic acids is 1. The Balaban J connectivity index is 0.00000225. The highest BCUT2D eigenvalue weighted by Crippen LogP contribution is 2.10. The number of nitrogens with two attached hydrogens (primary N) is 1. The van der Waals surface area contributed by atoms with Gasteiger partial charge in [0.15, 0.2) is 0 Å². The third-order valence-corrected chi connectivity index (χ3v) is 1.93. The highest BCUT2D eigenvalue weighted by Gasteiger charge is 2.13. The molecule has 0 saturated heterocycles. The predicted molar refractivity (Wildman–Crippen MR) is 57.7 cm³/mol. The van der Waals surface area contributed by atoms with Crippen molar-refractivity contribution in [1.82, 2.24) is 0 Å². The molecule has 0 aliphatic carbocycles. The third-order valence-electron chi connectivity index (χ3n) is 1.93. The first-order valence-electron chi connectivity index (χ1n) is 4.21. The van der Waals surface area contributed by atoms with E-state index in [0.29, 0.717) is 5.56 Å². The van der Waals surface area contributed by atoms with Crippen molar-refractivity contribution in [2.45, 2.75) is 12.5 Å². The molecule has 1 aromatic rings. The van der Waals surface area contributed by atoms with Gasteiger partial charge in [0, 0.05) is 0 Å². The van der Waals surface area contributed by atoms with Crippen LogP contribution in [0, 0.1) is 17.1 Å². The zero-order valence-corrected chi connectivity index (χ0v) is 9.00. The zero-order chi connectivity index (χ0) is 11.4. The van der Waals surface area contributed by atoms with Crippen molar-refractivity contribution in [2.75, 3.05) is 0 Å². The summed E-state index contributed by atoms with van der Waals surface area (Å²) in [6, 6.07) is 4.54.